The van der Waals surface area contributed by atoms with Crippen LogP contribution in [-0.4, -0.2) is 48.2 Å². The molecular formula is C21H25NO4. The molecule has 26 heavy (non-hydrogen) atoms. The summed E-state index contributed by atoms with van der Waals surface area (Å²) in [6.07, 6.45) is 5.69. The number of carbonyl (C=O) groups excluding carboxylic acids is 3. The van der Waals surface area contributed by atoms with Crippen molar-refractivity contribution in [1.82, 2.24) is 4.90 Å². The van der Waals surface area contributed by atoms with Crippen molar-refractivity contribution in [3.05, 3.63) is 34.9 Å². The van der Waals surface area contributed by atoms with Crippen LogP contribution in [0.4, 0.5) is 0 Å². The van der Waals surface area contributed by atoms with Crippen LogP contribution >= 0.6 is 0 Å². The maximum absolute atomic E-state index is 13.2. The maximum atomic E-state index is 13.2. The van der Waals surface area contributed by atoms with Gasteiger partial charge in [-0.05, 0) is 49.8 Å². The molecule has 1 heterocycles. The second-order valence-corrected chi connectivity index (χ2v) is 7.61. The highest BCUT2D eigenvalue weighted by Gasteiger charge is 2.39. The van der Waals surface area contributed by atoms with E-state index in [1.165, 1.54) is 0 Å². The number of ketones is 2. The van der Waals surface area contributed by atoms with E-state index in [9.17, 15) is 14.4 Å². The first kappa shape index (κ1) is 17.4. The minimum Gasteiger partial charge on any atom is -0.377 e. The monoisotopic (exact) mass is 355 g/mol. The van der Waals surface area contributed by atoms with Crippen molar-refractivity contribution in [2.45, 2.75) is 51.0 Å². The van der Waals surface area contributed by atoms with Crippen molar-refractivity contribution in [3.8, 4) is 0 Å². The molecule has 0 spiro atoms. The molecule has 2 fully saturated rings. The van der Waals surface area contributed by atoms with Crippen LogP contribution in [0.25, 0.3) is 0 Å². The maximum Gasteiger partial charge on any atom is 0.254 e. The third kappa shape index (κ3) is 3.20. The molecule has 5 heteroatoms. The topological polar surface area (TPSA) is 63.7 Å². The van der Waals surface area contributed by atoms with Gasteiger partial charge in [0.15, 0.2) is 5.78 Å². The number of benzene rings is 1. The van der Waals surface area contributed by atoms with Crippen LogP contribution in [0.15, 0.2) is 18.2 Å². The van der Waals surface area contributed by atoms with Gasteiger partial charge in [-0.25, -0.2) is 0 Å². The van der Waals surface area contributed by atoms with Crippen LogP contribution < -0.4 is 0 Å². The molecule has 4 rings (SSSR count). The molecule has 1 aliphatic heterocycles. The minimum atomic E-state index is -0.160. The van der Waals surface area contributed by atoms with E-state index in [-0.39, 0.29) is 29.4 Å². The number of Topliss-reactive ketones (excluding diaryl/α,β-unsaturated/α-hetero) is 2. The van der Waals surface area contributed by atoms with Crippen LogP contribution in [0.3, 0.4) is 0 Å². The number of hydrogen-bond acceptors (Lipinski definition) is 4. The Balaban J connectivity index is 1.60. The third-order valence-corrected chi connectivity index (χ3v) is 6.00. The van der Waals surface area contributed by atoms with Gasteiger partial charge in [-0.15, -0.1) is 0 Å². The Morgan fingerprint density at radius 3 is 2.73 bits per heavy atom. The lowest BCUT2D eigenvalue weighted by Crippen LogP contribution is -2.53. The summed E-state index contributed by atoms with van der Waals surface area (Å²) in [5.41, 5.74) is 2.37. The van der Waals surface area contributed by atoms with Crippen molar-refractivity contribution < 1.29 is 19.1 Å². The van der Waals surface area contributed by atoms with Crippen LogP contribution in [0.5, 0.6) is 0 Å². The van der Waals surface area contributed by atoms with E-state index >= 15 is 0 Å². The summed E-state index contributed by atoms with van der Waals surface area (Å²) < 4.78 is 5.59. The van der Waals surface area contributed by atoms with Gasteiger partial charge in [-0.2, -0.15) is 0 Å². The second-order valence-electron chi connectivity index (χ2n) is 7.61. The third-order valence-electron chi connectivity index (χ3n) is 6.00. The summed E-state index contributed by atoms with van der Waals surface area (Å²) in [7, 11) is 0. The fourth-order valence-corrected chi connectivity index (χ4v) is 4.56. The Bertz CT molecular complexity index is 742. The second kappa shape index (κ2) is 7.31. The van der Waals surface area contributed by atoms with Crippen molar-refractivity contribution in [3.63, 3.8) is 0 Å². The minimum absolute atomic E-state index is 0.0440. The first-order chi connectivity index (χ1) is 12.6. The average molecular weight is 355 g/mol. The molecule has 0 aromatic heterocycles. The lowest BCUT2D eigenvalue weighted by atomic mass is 9.94. The number of carbonyl (C=O) groups is 3. The largest absolute Gasteiger partial charge is 0.377 e. The molecule has 1 aromatic carbocycles. The highest BCUT2D eigenvalue weighted by Crippen LogP contribution is 2.30. The number of amides is 1. The van der Waals surface area contributed by atoms with Crippen LogP contribution in [0.1, 0.15) is 64.8 Å². The Kier molecular flexibility index (Phi) is 4.90. The summed E-state index contributed by atoms with van der Waals surface area (Å²) in [5.74, 6) is 0.294. The molecule has 1 saturated heterocycles. The number of fused-ring (bicyclic) bond motifs is 1. The average Bonchev–Trinajstić information content (AvgIpc) is 3.01. The van der Waals surface area contributed by atoms with E-state index in [0.29, 0.717) is 38.2 Å². The van der Waals surface area contributed by atoms with Gasteiger partial charge in [-0.3, -0.25) is 14.4 Å². The lowest BCUT2D eigenvalue weighted by Gasteiger charge is -2.38. The Hall–Kier alpha value is -2.01. The molecule has 138 valence electrons. The fraction of sp³-hybridized carbons (Fsp3) is 0.571. The quantitative estimate of drug-likeness (QED) is 0.765. The Morgan fingerprint density at radius 1 is 1.08 bits per heavy atom. The smallest absolute Gasteiger partial charge is 0.254 e. The number of aryl methyl sites for hydroxylation is 1. The van der Waals surface area contributed by atoms with E-state index in [1.54, 1.807) is 6.07 Å². The van der Waals surface area contributed by atoms with Crippen molar-refractivity contribution in [2.75, 3.05) is 19.8 Å². The fourth-order valence-electron chi connectivity index (χ4n) is 4.56. The van der Waals surface area contributed by atoms with Gasteiger partial charge in [0.1, 0.15) is 5.78 Å². The molecule has 2 aliphatic carbocycles. The molecule has 2 atom stereocenters. The SMILES string of the molecule is O=C1CCCCc2cc(C(=O)N3CCOCC3C3CCCC3=O)ccc21. The zero-order valence-electron chi connectivity index (χ0n) is 15.0. The summed E-state index contributed by atoms with van der Waals surface area (Å²) >= 11 is 0. The number of hydrogen-bond donors (Lipinski definition) is 0. The van der Waals surface area contributed by atoms with Gasteiger partial charge in [-0.1, -0.05) is 6.07 Å². The molecule has 1 aromatic rings. The number of rotatable bonds is 2. The molecule has 0 radical (unpaired) electrons. The van der Waals surface area contributed by atoms with Crippen LogP contribution in [-0.2, 0) is 16.0 Å². The van der Waals surface area contributed by atoms with Crippen LogP contribution in [0.2, 0.25) is 0 Å². The van der Waals surface area contributed by atoms with Crippen molar-refractivity contribution in [1.29, 1.82) is 0 Å². The normalized spacial score (nSPS) is 26.5. The standard InChI is InChI=1S/C21H25NO4/c23-19-6-2-1-4-14-12-15(8-9-16(14)19)21(25)22-10-11-26-13-18(22)17-5-3-7-20(17)24/h8-9,12,17-18H,1-7,10-11,13H2. The molecule has 1 saturated carbocycles. The molecule has 0 bridgehead atoms. The summed E-state index contributed by atoms with van der Waals surface area (Å²) in [6, 6.07) is 5.32. The van der Waals surface area contributed by atoms with Gasteiger partial charge in [0, 0.05) is 36.4 Å². The van der Waals surface area contributed by atoms with Gasteiger partial charge >= 0.3 is 0 Å². The zero-order chi connectivity index (χ0) is 18.1. The zero-order valence-corrected chi connectivity index (χ0v) is 15.0. The molecule has 3 aliphatic rings. The first-order valence-corrected chi connectivity index (χ1v) is 9.72. The van der Waals surface area contributed by atoms with E-state index in [0.717, 1.165) is 43.2 Å². The Morgan fingerprint density at radius 2 is 1.92 bits per heavy atom. The number of nitrogens with zero attached hydrogens (tertiary/aromatic N) is 1. The van der Waals surface area contributed by atoms with Gasteiger partial charge in [0.05, 0.1) is 19.3 Å². The highest BCUT2D eigenvalue weighted by atomic mass is 16.5. The van der Waals surface area contributed by atoms with Gasteiger partial charge < -0.3 is 9.64 Å². The predicted molar refractivity (Wildman–Crippen MR) is 96.3 cm³/mol. The highest BCUT2D eigenvalue weighted by molar-refractivity contribution is 6.00. The molecule has 2 unspecified atom stereocenters. The molecule has 1 amide bonds. The number of morpholine rings is 1. The molecule has 5 nitrogen and oxygen atoms in total. The van der Waals surface area contributed by atoms with E-state index < -0.39 is 0 Å². The van der Waals surface area contributed by atoms with Gasteiger partial charge in [0.2, 0.25) is 0 Å². The van der Waals surface area contributed by atoms with Crippen molar-refractivity contribution >= 4 is 17.5 Å². The molecular weight excluding hydrogens is 330 g/mol. The van der Waals surface area contributed by atoms with E-state index in [4.69, 9.17) is 4.74 Å². The van der Waals surface area contributed by atoms with E-state index in [1.807, 2.05) is 17.0 Å². The molecule has 0 N–H and O–H groups in total. The summed E-state index contributed by atoms with van der Waals surface area (Å²) in [4.78, 5) is 39.4. The first-order valence-electron chi connectivity index (χ1n) is 9.72. The number of ether oxygens (including phenoxy) is 1. The Labute approximate surface area is 153 Å². The lowest BCUT2D eigenvalue weighted by molar-refractivity contribution is -0.124. The van der Waals surface area contributed by atoms with Crippen molar-refractivity contribution in [2.24, 2.45) is 5.92 Å². The summed E-state index contributed by atoms with van der Waals surface area (Å²) in [6.45, 7) is 1.46. The van der Waals surface area contributed by atoms with Gasteiger partial charge in [0.25, 0.3) is 5.91 Å². The summed E-state index contributed by atoms with van der Waals surface area (Å²) in [5, 5.41) is 0. The van der Waals surface area contributed by atoms with E-state index in [2.05, 4.69) is 0 Å². The van der Waals surface area contributed by atoms with Crippen LogP contribution in [0, 0.1) is 5.92 Å². The predicted octanol–water partition coefficient (Wildman–Crippen LogP) is 2.81.